The Labute approximate surface area is 171 Å². The molecule has 0 radical (unpaired) electrons. The minimum Gasteiger partial charge on any atom is -0.342 e. The number of benzene rings is 1. The number of likely N-dealkylation sites (tertiary alicyclic amines) is 1. The number of carbonyl (C=O) groups excluding carboxylic acids is 2. The van der Waals surface area contributed by atoms with Crippen molar-refractivity contribution in [2.75, 3.05) is 29.9 Å². The fourth-order valence-electron chi connectivity index (χ4n) is 2.93. The summed E-state index contributed by atoms with van der Waals surface area (Å²) < 4.78 is 22.5. The number of primary sulfonamides is 1. The van der Waals surface area contributed by atoms with Crippen LogP contribution in [0.5, 0.6) is 0 Å². The molecule has 28 heavy (non-hydrogen) atoms. The van der Waals surface area contributed by atoms with Crippen LogP contribution in [0, 0.1) is 11.8 Å². The van der Waals surface area contributed by atoms with Crippen LogP contribution in [0.1, 0.15) is 33.1 Å². The van der Waals surface area contributed by atoms with Crippen LogP contribution in [0.25, 0.3) is 0 Å². The van der Waals surface area contributed by atoms with Gasteiger partial charge in [-0.25, -0.2) is 13.6 Å². The predicted octanol–water partition coefficient (Wildman–Crippen LogP) is 2.29. The van der Waals surface area contributed by atoms with Gasteiger partial charge in [0.15, 0.2) is 0 Å². The lowest BCUT2D eigenvalue weighted by atomic mass is 9.96. The van der Waals surface area contributed by atoms with Gasteiger partial charge in [-0.15, -0.1) is 0 Å². The van der Waals surface area contributed by atoms with E-state index in [1.165, 1.54) is 24.3 Å². The monoisotopic (exact) mass is 427 g/mol. The Morgan fingerprint density at radius 1 is 1.21 bits per heavy atom. The molecule has 1 aliphatic heterocycles. The zero-order chi connectivity index (χ0) is 20.7. The summed E-state index contributed by atoms with van der Waals surface area (Å²) in [4.78, 5) is 26.6. The Bertz CT molecular complexity index is 771. The highest BCUT2D eigenvalue weighted by atomic mass is 32.2. The smallest absolute Gasteiger partial charge is 0.238 e. The van der Waals surface area contributed by atoms with E-state index in [0.717, 1.165) is 12.2 Å². The first kappa shape index (κ1) is 22.7. The second-order valence-electron chi connectivity index (χ2n) is 7.45. The van der Waals surface area contributed by atoms with Gasteiger partial charge in [0.2, 0.25) is 21.8 Å². The van der Waals surface area contributed by atoms with E-state index in [0.29, 0.717) is 43.3 Å². The first-order valence-corrected chi connectivity index (χ1v) is 12.2. The average molecular weight is 428 g/mol. The molecule has 156 valence electrons. The van der Waals surface area contributed by atoms with Crippen molar-refractivity contribution in [3.63, 3.8) is 0 Å². The number of piperidine rings is 1. The van der Waals surface area contributed by atoms with E-state index in [1.807, 2.05) is 4.90 Å². The van der Waals surface area contributed by atoms with Crippen LogP contribution in [-0.2, 0) is 19.6 Å². The molecule has 1 aromatic rings. The normalized spacial score (nSPS) is 15.6. The van der Waals surface area contributed by atoms with Crippen LogP contribution in [0.15, 0.2) is 29.2 Å². The summed E-state index contributed by atoms with van der Waals surface area (Å²) in [6, 6.07) is 5.77. The molecular weight excluding hydrogens is 398 g/mol. The molecular formula is C19H29N3O4S2. The molecule has 0 unspecified atom stereocenters. The molecule has 1 aromatic carbocycles. The van der Waals surface area contributed by atoms with Crippen molar-refractivity contribution in [3.05, 3.63) is 24.3 Å². The number of amides is 2. The van der Waals surface area contributed by atoms with Crippen molar-refractivity contribution in [3.8, 4) is 0 Å². The Balaban J connectivity index is 1.76. The Kier molecular flexibility index (Phi) is 8.33. The van der Waals surface area contributed by atoms with E-state index in [1.54, 1.807) is 11.8 Å². The number of nitrogens with zero attached hydrogens (tertiary/aromatic N) is 1. The molecule has 0 bridgehead atoms. The fourth-order valence-corrected chi connectivity index (χ4v) is 4.59. The van der Waals surface area contributed by atoms with E-state index in [2.05, 4.69) is 19.2 Å². The van der Waals surface area contributed by atoms with Gasteiger partial charge in [0.1, 0.15) is 0 Å². The zero-order valence-electron chi connectivity index (χ0n) is 16.4. The maximum atomic E-state index is 12.4. The molecule has 0 spiro atoms. The third-order valence-electron chi connectivity index (χ3n) is 4.73. The van der Waals surface area contributed by atoms with Gasteiger partial charge in [-0.3, -0.25) is 9.59 Å². The summed E-state index contributed by atoms with van der Waals surface area (Å²) in [7, 11) is -3.75. The van der Waals surface area contributed by atoms with Crippen molar-refractivity contribution >= 4 is 39.3 Å². The third-order valence-corrected chi connectivity index (χ3v) is 6.64. The van der Waals surface area contributed by atoms with Gasteiger partial charge in [-0.05, 0) is 55.2 Å². The largest absolute Gasteiger partial charge is 0.342 e. The molecule has 2 rings (SSSR count). The number of rotatable bonds is 8. The number of anilines is 1. The van der Waals surface area contributed by atoms with Crippen molar-refractivity contribution < 1.29 is 18.0 Å². The van der Waals surface area contributed by atoms with Gasteiger partial charge in [-0.1, -0.05) is 13.8 Å². The minimum absolute atomic E-state index is 0.00332. The number of hydrogen-bond acceptors (Lipinski definition) is 5. The van der Waals surface area contributed by atoms with E-state index < -0.39 is 10.0 Å². The quantitative estimate of drug-likeness (QED) is 0.619. The molecule has 7 nitrogen and oxygen atoms in total. The second-order valence-corrected chi connectivity index (χ2v) is 10.1. The van der Waals surface area contributed by atoms with Gasteiger partial charge in [0, 0.05) is 24.7 Å². The van der Waals surface area contributed by atoms with Crippen LogP contribution in [0.4, 0.5) is 5.69 Å². The first-order valence-electron chi connectivity index (χ1n) is 9.46. The molecule has 1 fully saturated rings. The topological polar surface area (TPSA) is 110 Å². The van der Waals surface area contributed by atoms with Gasteiger partial charge in [0.05, 0.1) is 10.6 Å². The fraction of sp³-hybridized carbons (Fsp3) is 0.579. The van der Waals surface area contributed by atoms with Crippen molar-refractivity contribution in [1.29, 1.82) is 0 Å². The highest BCUT2D eigenvalue weighted by molar-refractivity contribution is 7.99. The van der Waals surface area contributed by atoms with Crippen molar-refractivity contribution in [2.24, 2.45) is 17.0 Å². The average Bonchev–Trinajstić information content (AvgIpc) is 2.64. The van der Waals surface area contributed by atoms with Crippen LogP contribution in [-0.4, -0.2) is 49.7 Å². The standard InChI is InChI=1S/C19H29N3O4S2/c1-14(2)9-12-27-13-18(23)22-10-7-15(8-11-22)19(24)21-16-3-5-17(6-4-16)28(20,25)26/h3-6,14-15H,7-13H2,1-2H3,(H,21,24)(H2,20,25,26). The third kappa shape index (κ3) is 7.10. The lowest BCUT2D eigenvalue weighted by Crippen LogP contribution is -2.42. The Morgan fingerprint density at radius 3 is 2.36 bits per heavy atom. The van der Waals surface area contributed by atoms with Gasteiger partial charge in [-0.2, -0.15) is 11.8 Å². The zero-order valence-corrected chi connectivity index (χ0v) is 18.0. The lowest BCUT2D eigenvalue weighted by Gasteiger charge is -2.31. The molecule has 0 aliphatic carbocycles. The predicted molar refractivity (Wildman–Crippen MR) is 113 cm³/mol. The van der Waals surface area contributed by atoms with Crippen molar-refractivity contribution in [1.82, 2.24) is 4.90 Å². The number of nitrogens with two attached hydrogens (primary N) is 1. The molecule has 3 N–H and O–H groups in total. The number of carbonyl (C=O) groups is 2. The minimum atomic E-state index is -3.75. The van der Waals surface area contributed by atoms with Crippen LogP contribution >= 0.6 is 11.8 Å². The summed E-state index contributed by atoms with van der Waals surface area (Å²) in [5.74, 6) is 2.02. The SMILES string of the molecule is CC(C)CCSCC(=O)N1CCC(C(=O)Nc2ccc(S(N)(=O)=O)cc2)CC1. The van der Waals surface area contributed by atoms with E-state index in [-0.39, 0.29) is 22.6 Å². The summed E-state index contributed by atoms with van der Waals surface area (Å²) in [6.07, 6.45) is 2.37. The molecule has 2 amide bonds. The highest BCUT2D eigenvalue weighted by Crippen LogP contribution is 2.21. The lowest BCUT2D eigenvalue weighted by molar-refractivity contribution is -0.132. The highest BCUT2D eigenvalue weighted by Gasteiger charge is 2.27. The van der Waals surface area contributed by atoms with Crippen LogP contribution < -0.4 is 10.5 Å². The van der Waals surface area contributed by atoms with E-state index >= 15 is 0 Å². The van der Waals surface area contributed by atoms with Crippen LogP contribution in [0.3, 0.4) is 0 Å². The van der Waals surface area contributed by atoms with Gasteiger partial charge in [0.25, 0.3) is 0 Å². The van der Waals surface area contributed by atoms with Gasteiger partial charge < -0.3 is 10.2 Å². The second kappa shape index (κ2) is 10.3. The number of hydrogen-bond donors (Lipinski definition) is 2. The molecule has 0 aromatic heterocycles. The maximum Gasteiger partial charge on any atom is 0.238 e. The van der Waals surface area contributed by atoms with Crippen molar-refractivity contribution in [2.45, 2.75) is 38.0 Å². The summed E-state index contributed by atoms with van der Waals surface area (Å²) >= 11 is 1.67. The van der Waals surface area contributed by atoms with E-state index in [4.69, 9.17) is 5.14 Å². The Morgan fingerprint density at radius 2 is 1.82 bits per heavy atom. The molecule has 1 saturated heterocycles. The molecule has 1 heterocycles. The summed E-state index contributed by atoms with van der Waals surface area (Å²) in [5, 5.41) is 7.87. The van der Waals surface area contributed by atoms with Gasteiger partial charge >= 0.3 is 0 Å². The van der Waals surface area contributed by atoms with E-state index in [9.17, 15) is 18.0 Å². The molecule has 1 aliphatic rings. The summed E-state index contributed by atoms with van der Waals surface area (Å²) in [6.45, 7) is 5.53. The summed E-state index contributed by atoms with van der Waals surface area (Å²) in [5.41, 5.74) is 0.525. The van der Waals surface area contributed by atoms with Crippen LogP contribution in [0.2, 0.25) is 0 Å². The number of sulfonamides is 1. The maximum absolute atomic E-state index is 12.4. The number of nitrogens with one attached hydrogen (secondary N) is 1. The molecule has 0 atom stereocenters. The number of thioether (sulfide) groups is 1. The first-order chi connectivity index (χ1) is 13.2. The molecule has 0 saturated carbocycles. The molecule has 9 heteroatoms. The Hall–Kier alpha value is -1.58.